The summed E-state index contributed by atoms with van der Waals surface area (Å²) < 4.78 is 47.5. The van der Waals surface area contributed by atoms with Crippen molar-refractivity contribution in [2.75, 3.05) is 5.75 Å². The topological polar surface area (TPSA) is 34.1 Å². The van der Waals surface area contributed by atoms with Crippen LogP contribution in [-0.4, -0.2) is 20.6 Å². The second-order valence-electron chi connectivity index (χ2n) is 3.77. The van der Waals surface area contributed by atoms with Gasteiger partial charge in [0.05, 0.1) is 10.6 Å². The van der Waals surface area contributed by atoms with Crippen molar-refractivity contribution in [3.8, 4) is 0 Å². The van der Waals surface area contributed by atoms with Crippen molar-refractivity contribution < 1.29 is 17.2 Å². The number of alkyl halides is 2. The minimum atomic E-state index is -3.59. The van der Waals surface area contributed by atoms with Crippen molar-refractivity contribution in [1.29, 1.82) is 0 Å². The Bertz CT molecular complexity index is 467. The van der Waals surface area contributed by atoms with Crippen molar-refractivity contribution in [1.82, 2.24) is 0 Å². The van der Waals surface area contributed by atoms with Gasteiger partial charge in [0.2, 0.25) is 6.43 Å². The standard InChI is InChI=1S/C11H14F2O2S/c1-8-3-4-9(2)10(7-8)16(14,15)6-5-11(12)13/h3-4,7,11H,5-6H2,1-2H3. The first-order valence-corrected chi connectivity index (χ1v) is 6.56. The van der Waals surface area contributed by atoms with Crippen molar-refractivity contribution in [2.45, 2.75) is 31.6 Å². The molecule has 0 unspecified atom stereocenters. The smallest absolute Gasteiger partial charge is 0.224 e. The summed E-state index contributed by atoms with van der Waals surface area (Å²) in [7, 11) is -3.59. The van der Waals surface area contributed by atoms with E-state index >= 15 is 0 Å². The molecule has 0 aliphatic carbocycles. The summed E-state index contributed by atoms with van der Waals surface area (Å²) in [6.07, 6.45) is -3.20. The Balaban J connectivity index is 3.02. The molecule has 0 fully saturated rings. The molecule has 90 valence electrons. The molecule has 0 aliphatic heterocycles. The van der Waals surface area contributed by atoms with E-state index in [4.69, 9.17) is 0 Å². The minimum Gasteiger partial charge on any atom is -0.224 e. The number of hydrogen-bond acceptors (Lipinski definition) is 2. The molecule has 0 aliphatic rings. The van der Waals surface area contributed by atoms with Gasteiger partial charge < -0.3 is 0 Å². The largest absolute Gasteiger partial charge is 0.239 e. The maximum atomic E-state index is 12.0. The van der Waals surface area contributed by atoms with E-state index in [1.54, 1.807) is 26.0 Å². The average Bonchev–Trinajstić information content (AvgIpc) is 2.19. The van der Waals surface area contributed by atoms with Crippen LogP contribution in [0.15, 0.2) is 23.1 Å². The zero-order valence-electron chi connectivity index (χ0n) is 9.20. The molecule has 0 radical (unpaired) electrons. The van der Waals surface area contributed by atoms with Crippen LogP contribution >= 0.6 is 0 Å². The van der Waals surface area contributed by atoms with Crippen LogP contribution in [0.25, 0.3) is 0 Å². The van der Waals surface area contributed by atoms with Crippen LogP contribution in [0.5, 0.6) is 0 Å². The van der Waals surface area contributed by atoms with Crippen molar-refractivity contribution in [2.24, 2.45) is 0 Å². The van der Waals surface area contributed by atoms with Crippen LogP contribution in [0.1, 0.15) is 17.5 Å². The molecule has 16 heavy (non-hydrogen) atoms. The Morgan fingerprint density at radius 1 is 1.25 bits per heavy atom. The summed E-state index contributed by atoms with van der Waals surface area (Å²) in [6.45, 7) is 3.43. The number of sulfone groups is 1. The quantitative estimate of drug-likeness (QED) is 0.821. The van der Waals surface area contributed by atoms with Crippen LogP contribution in [-0.2, 0) is 9.84 Å². The number of benzene rings is 1. The minimum absolute atomic E-state index is 0.160. The van der Waals surface area contributed by atoms with E-state index in [1.807, 2.05) is 0 Å². The van der Waals surface area contributed by atoms with Gasteiger partial charge in [-0.05, 0) is 31.0 Å². The highest BCUT2D eigenvalue weighted by Gasteiger charge is 2.19. The van der Waals surface area contributed by atoms with Gasteiger partial charge in [0.1, 0.15) is 0 Å². The van der Waals surface area contributed by atoms with E-state index in [0.29, 0.717) is 5.56 Å². The van der Waals surface area contributed by atoms with Crippen LogP contribution in [0.3, 0.4) is 0 Å². The van der Waals surface area contributed by atoms with Gasteiger partial charge in [-0.3, -0.25) is 0 Å². The van der Waals surface area contributed by atoms with Crippen molar-refractivity contribution in [3.63, 3.8) is 0 Å². The fourth-order valence-electron chi connectivity index (χ4n) is 1.40. The molecule has 1 aromatic carbocycles. The lowest BCUT2D eigenvalue weighted by atomic mass is 10.2. The van der Waals surface area contributed by atoms with Gasteiger partial charge in [-0.25, -0.2) is 17.2 Å². The lowest BCUT2D eigenvalue weighted by molar-refractivity contribution is 0.145. The van der Waals surface area contributed by atoms with Gasteiger partial charge in [0.25, 0.3) is 0 Å². The Morgan fingerprint density at radius 3 is 2.44 bits per heavy atom. The Labute approximate surface area is 94.2 Å². The van der Waals surface area contributed by atoms with Crippen LogP contribution in [0.2, 0.25) is 0 Å². The zero-order valence-corrected chi connectivity index (χ0v) is 10.0. The first-order valence-electron chi connectivity index (χ1n) is 4.91. The van der Waals surface area contributed by atoms with E-state index in [2.05, 4.69) is 0 Å². The third kappa shape index (κ3) is 3.27. The molecule has 0 spiro atoms. The predicted octanol–water partition coefficient (Wildman–Crippen LogP) is 2.73. The van der Waals surface area contributed by atoms with Gasteiger partial charge in [-0.1, -0.05) is 12.1 Å². The number of hydrogen-bond donors (Lipinski definition) is 0. The molecule has 0 N–H and O–H groups in total. The Hall–Kier alpha value is -0.970. The fourth-order valence-corrected chi connectivity index (χ4v) is 3.03. The molecule has 1 rings (SSSR count). The van der Waals surface area contributed by atoms with Crippen LogP contribution in [0, 0.1) is 13.8 Å². The van der Waals surface area contributed by atoms with Crippen molar-refractivity contribution in [3.05, 3.63) is 29.3 Å². The van der Waals surface area contributed by atoms with Gasteiger partial charge in [-0.15, -0.1) is 0 Å². The summed E-state index contributed by atoms with van der Waals surface area (Å²) in [5.74, 6) is -0.505. The third-order valence-corrected chi connectivity index (χ3v) is 4.17. The van der Waals surface area contributed by atoms with Crippen LogP contribution < -0.4 is 0 Å². The maximum Gasteiger partial charge on any atom is 0.239 e. The summed E-state index contributed by atoms with van der Waals surface area (Å²) >= 11 is 0. The highest BCUT2D eigenvalue weighted by Crippen LogP contribution is 2.19. The predicted molar refractivity (Wildman–Crippen MR) is 58.6 cm³/mol. The van der Waals surface area contributed by atoms with Crippen LogP contribution in [0.4, 0.5) is 8.78 Å². The monoisotopic (exact) mass is 248 g/mol. The molecule has 1 aromatic rings. The molecular weight excluding hydrogens is 234 g/mol. The van der Waals surface area contributed by atoms with E-state index in [9.17, 15) is 17.2 Å². The average molecular weight is 248 g/mol. The molecule has 0 aromatic heterocycles. The molecule has 0 saturated heterocycles. The van der Waals surface area contributed by atoms with E-state index < -0.39 is 28.4 Å². The van der Waals surface area contributed by atoms with E-state index in [1.165, 1.54) is 6.07 Å². The molecule has 0 saturated carbocycles. The normalized spacial score (nSPS) is 12.1. The summed E-state index contributed by atoms with van der Waals surface area (Å²) in [5, 5.41) is 0. The Morgan fingerprint density at radius 2 is 1.88 bits per heavy atom. The molecule has 0 heterocycles. The summed E-state index contributed by atoms with van der Waals surface area (Å²) in [4.78, 5) is 0.160. The number of halogens is 2. The molecule has 2 nitrogen and oxygen atoms in total. The molecule has 5 heteroatoms. The summed E-state index contributed by atoms with van der Waals surface area (Å²) in [5.41, 5.74) is 1.40. The third-order valence-electron chi connectivity index (χ3n) is 2.28. The maximum absolute atomic E-state index is 12.0. The number of rotatable bonds is 4. The highest BCUT2D eigenvalue weighted by atomic mass is 32.2. The van der Waals surface area contributed by atoms with E-state index in [-0.39, 0.29) is 4.90 Å². The Kier molecular flexibility index (Phi) is 4.02. The molecule has 0 bridgehead atoms. The lowest BCUT2D eigenvalue weighted by Gasteiger charge is -2.08. The second-order valence-corrected chi connectivity index (χ2v) is 5.85. The summed E-state index contributed by atoms with van der Waals surface area (Å²) in [6, 6.07) is 5.00. The fraction of sp³-hybridized carbons (Fsp3) is 0.455. The first-order chi connectivity index (χ1) is 7.33. The van der Waals surface area contributed by atoms with Gasteiger partial charge in [-0.2, -0.15) is 0 Å². The second kappa shape index (κ2) is 4.91. The molecular formula is C11H14F2O2S. The van der Waals surface area contributed by atoms with Gasteiger partial charge in [0.15, 0.2) is 9.84 Å². The van der Waals surface area contributed by atoms with E-state index in [0.717, 1.165) is 5.56 Å². The lowest BCUT2D eigenvalue weighted by Crippen LogP contribution is -2.11. The van der Waals surface area contributed by atoms with Gasteiger partial charge >= 0.3 is 0 Å². The molecule has 0 amide bonds. The zero-order chi connectivity index (χ0) is 12.3. The molecule has 0 atom stereocenters. The SMILES string of the molecule is Cc1ccc(C)c(S(=O)(=O)CCC(F)F)c1. The van der Waals surface area contributed by atoms with Gasteiger partial charge in [0, 0.05) is 6.42 Å². The number of aryl methyl sites for hydroxylation is 2. The highest BCUT2D eigenvalue weighted by molar-refractivity contribution is 7.91. The first kappa shape index (κ1) is 13.1. The van der Waals surface area contributed by atoms with Crippen molar-refractivity contribution >= 4 is 9.84 Å².